The van der Waals surface area contributed by atoms with Gasteiger partial charge in [-0.3, -0.25) is 15.1 Å². The molecule has 4 aromatic rings. The van der Waals surface area contributed by atoms with Crippen LogP contribution in [0.25, 0.3) is 28.4 Å². The van der Waals surface area contributed by atoms with Crippen LogP contribution < -0.4 is 11.1 Å². The normalized spacial score (nSPS) is 11.3. The first-order valence-electron chi connectivity index (χ1n) is 7.90. The van der Waals surface area contributed by atoms with E-state index in [1.807, 2.05) is 23.6 Å². The lowest BCUT2D eigenvalue weighted by Gasteiger charge is -1.98. The Balaban J connectivity index is 1.47. The van der Waals surface area contributed by atoms with Crippen LogP contribution in [0.4, 0.5) is 5.13 Å². The van der Waals surface area contributed by atoms with Crippen molar-refractivity contribution < 1.29 is 9.21 Å². The summed E-state index contributed by atoms with van der Waals surface area (Å²) in [7, 11) is 0. The van der Waals surface area contributed by atoms with Gasteiger partial charge in [-0.15, -0.1) is 11.3 Å². The van der Waals surface area contributed by atoms with Gasteiger partial charge in [0.05, 0.1) is 11.2 Å². The molecule has 0 atom stereocenters. The molecule has 4 rings (SSSR count). The summed E-state index contributed by atoms with van der Waals surface area (Å²) in [5, 5.41) is 5.68. The van der Waals surface area contributed by atoms with Crippen LogP contribution in [0.1, 0.15) is 5.56 Å². The quantitative estimate of drug-likeness (QED) is 0.494. The summed E-state index contributed by atoms with van der Waals surface area (Å²) in [5.74, 6) is -0.779. The molecule has 0 aliphatic rings. The molecule has 0 unspecified atom stereocenters. The number of amides is 1. The SMILES string of the molecule is O=C(/C=C/c1ccc(Cl)cc1)Nc1nc(-c2ccc3[nH]c(=O)oc3c2)cs1. The van der Waals surface area contributed by atoms with Gasteiger partial charge < -0.3 is 4.42 Å². The lowest BCUT2D eigenvalue weighted by Crippen LogP contribution is -2.07. The van der Waals surface area contributed by atoms with Crippen LogP contribution >= 0.6 is 22.9 Å². The van der Waals surface area contributed by atoms with Crippen molar-refractivity contribution in [1.82, 2.24) is 9.97 Å². The maximum Gasteiger partial charge on any atom is 0.417 e. The second-order valence-corrected chi connectivity index (χ2v) is 6.93. The fourth-order valence-corrected chi connectivity index (χ4v) is 3.31. The van der Waals surface area contributed by atoms with E-state index in [-0.39, 0.29) is 5.91 Å². The fourth-order valence-electron chi connectivity index (χ4n) is 2.46. The summed E-state index contributed by atoms with van der Waals surface area (Å²) < 4.78 is 5.06. The summed E-state index contributed by atoms with van der Waals surface area (Å²) in [4.78, 5) is 30.3. The smallest absolute Gasteiger partial charge is 0.408 e. The number of H-pyrrole nitrogens is 1. The van der Waals surface area contributed by atoms with E-state index in [9.17, 15) is 9.59 Å². The van der Waals surface area contributed by atoms with Crippen molar-refractivity contribution in [3.05, 3.63) is 75.1 Å². The van der Waals surface area contributed by atoms with E-state index in [1.54, 1.807) is 30.3 Å². The lowest BCUT2D eigenvalue weighted by molar-refractivity contribution is -0.111. The highest BCUT2D eigenvalue weighted by Crippen LogP contribution is 2.27. The van der Waals surface area contributed by atoms with Gasteiger partial charge >= 0.3 is 5.76 Å². The van der Waals surface area contributed by atoms with Crippen molar-refractivity contribution in [3.8, 4) is 11.3 Å². The Morgan fingerprint density at radius 1 is 1.22 bits per heavy atom. The summed E-state index contributed by atoms with van der Waals surface area (Å²) in [6.45, 7) is 0. The van der Waals surface area contributed by atoms with E-state index in [1.165, 1.54) is 17.4 Å². The lowest BCUT2D eigenvalue weighted by atomic mass is 10.1. The second kappa shape index (κ2) is 7.22. The Labute approximate surface area is 162 Å². The van der Waals surface area contributed by atoms with Gasteiger partial charge in [-0.25, -0.2) is 9.78 Å². The molecular weight excluding hydrogens is 386 g/mol. The average Bonchev–Trinajstić information content (AvgIpc) is 3.26. The minimum Gasteiger partial charge on any atom is -0.408 e. The zero-order valence-corrected chi connectivity index (χ0v) is 15.3. The van der Waals surface area contributed by atoms with E-state index in [0.717, 1.165) is 11.1 Å². The Bertz CT molecular complexity index is 1200. The minimum absolute atomic E-state index is 0.280. The number of hydrogen-bond donors (Lipinski definition) is 2. The number of aromatic nitrogens is 2. The number of nitrogens with zero attached hydrogens (tertiary/aromatic N) is 1. The largest absolute Gasteiger partial charge is 0.417 e. The maximum atomic E-state index is 12.1. The number of rotatable bonds is 4. The Morgan fingerprint density at radius 3 is 2.85 bits per heavy atom. The summed E-state index contributed by atoms with van der Waals surface area (Å²) in [5.41, 5.74) is 3.43. The number of fused-ring (bicyclic) bond motifs is 1. The molecule has 2 heterocycles. The number of carbonyl (C=O) groups excluding carboxylic acids is 1. The monoisotopic (exact) mass is 397 g/mol. The zero-order valence-electron chi connectivity index (χ0n) is 13.7. The number of nitrogens with one attached hydrogen (secondary N) is 2. The number of anilines is 1. The molecule has 1 amide bonds. The van der Waals surface area contributed by atoms with Gasteiger partial charge in [0.1, 0.15) is 0 Å². The van der Waals surface area contributed by atoms with Crippen molar-refractivity contribution in [2.24, 2.45) is 0 Å². The van der Waals surface area contributed by atoms with Gasteiger partial charge in [-0.05, 0) is 35.9 Å². The van der Waals surface area contributed by atoms with E-state index in [2.05, 4.69) is 15.3 Å². The highest BCUT2D eigenvalue weighted by Gasteiger charge is 2.09. The third kappa shape index (κ3) is 3.99. The van der Waals surface area contributed by atoms with E-state index in [4.69, 9.17) is 16.0 Å². The molecule has 27 heavy (non-hydrogen) atoms. The predicted molar refractivity (Wildman–Crippen MR) is 107 cm³/mol. The van der Waals surface area contributed by atoms with Crippen molar-refractivity contribution in [2.45, 2.75) is 0 Å². The van der Waals surface area contributed by atoms with E-state index >= 15 is 0 Å². The molecule has 0 spiro atoms. The van der Waals surface area contributed by atoms with Gasteiger partial charge in [0.15, 0.2) is 10.7 Å². The third-order valence-corrected chi connectivity index (χ3v) is 4.76. The predicted octanol–water partition coefficient (Wildman–Crippen LogP) is 4.55. The molecule has 0 bridgehead atoms. The third-order valence-electron chi connectivity index (χ3n) is 3.75. The number of thiazole rings is 1. The number of hydrogen-bond acceptors (Lipinski definition) is 5. The molecule has 0 aliphatic heterocycles. The molecular formula is C19H12ClN3O3S. The summed E-state index contributed by atoms with van der Waals surface area (Å²) in [6.07, 6.45) is 3.13. The molecule has 0 saturated heterocycles. The second-order valence-electron chi connectivity index (χ2n) is 5.64. The molecule has 2 N–H and O–H groups in total. The average molecular weight is 398 g/mol. The number of oxazole rings is 1. The van der Waals surface area contributed by atoms with Crippen molar-refractivity contribution >= 4 is 51.2 Å². The number of carbonyl (C=O) groups is 1. The molecule has 0 radical (unpaired) electrons. The molecule has 0 saturated carbocycles. The first-order valence-corrected chi connectivity index (χ1v) is 9.16. The topological polar surface area (TPSA) is 88.0 Å². The Morgan fingerprint density at radius 2 is 2.04 bits per heavy atom. The van der Waals surface area contributed by atoms with Crippen LogP contribution in [0.3, 0.4) is 0 Å². The van der Waals surface area contributed by atoms with Gasteiger partial charge in [-0.2, -0.15) is 0 Å². The standard InChI is InChI=1S/C19H12ClN3O3S/c20-13-5-1-11(2-6-13)3-8-17(24)23-18-21-15(10-27-18)12-4-7-14-16(9-12)26-19(25)22-14/h1-10H,(H,22,25)(H,21,23,24)/b8-3+. The van der Waals surface area contributed by atoms with Gasteiger partial charge in [-0.1, -0.05) is 29.8 Å². The minimum atomic E-state index is -0.499. The highest BCUT2D eigenvalue weighted by atomic mass is 35.5. The van der Waals surface area contributed by atoms with Crippen LogP contribution in [0.2, 0.25) is 5.02 Å². The van der Waals surface area contributed by atoms with E-state index < -0.39 is 5.76 Å². The molecule has 2 aromatic heterocycles. The zero-order chi connectivity index (χ0) is 18.8. The highest BCUT2D eigenvalue weighted by molar-refractivity contribution is 7.14. The maximum absolute atomic E-state index is 12.1. The molecule has 6 nitrogen and oxygen atoms in total. The number of aromatic amines is 1. The first kappa shape index (κ1) is 17.3. The molecule has 0 aliphatic carbocycles. The van der Waals surface area contributed by atoms with Crippen molar-refractivity contribution in [2.75, 3.05) is 5.32 Å². The molecule has 0 fully saturated rings. The van der Waals surface area contributed by atoms with Crippen molar-refractivity contribution in [1.29, 1.82) is 0 Å². The van der Waals surface area contributed by atoms with Gasteiger partial charge in [0.2, 0.25) is 5.91 Å². The molecule has 8 heteroatoms. The number of benzene rings is 2. The van der Waals surface area contributed by atoms with Crippen LogP contribution in [0.15, 0.2) is 63.1 Å². The molecule has 134 valence electrons. The van der Waals surface area contributed by atoms with Crippen LogP contribution in [0, 0.1) is 0 Å². The number of halogens is 1. The van der Waals surface area contributed by atoms with Crippen LogP contribution in [-0.4, -0.2) is 15.9 Å². The van der Waals surface area contributed by atoms with Crippen LogP contribution in [-0.2, 0) is 4.79 Å². The Hall–Kier alpha value is -3.16. The Kier molecular flexibility index (Phi) is 4.62. The van der Waals surface area contributed by atoms with Gasteiger partial charge in [0.25, 0.3) is 0 Å². The fraction of sp³-hybridized carbons (Fsp3) is 0. The first-order chi connectivity index (χ1) is 13.1. The van der Waals surface area contributed by atoms with E-state index in [0.29, 0.717) is 26.9 Å². The van der Waals surface area contributed by atoms with Crippen LogP contribution in [0.5, 0.6) is 0 Å². The van der Waals surface area contributed by atoms with Crippen molar-refractivity contribution in [3.63, 3.8) is 0 Å². The van der Waals surface area contributed by atoms with Gasteiger partial charge in [0, 0.05) is 22.0 Å². The summed E-state index contributed by atoms with van der Waals surface area (Å²) >= 11 is 7.15. The molecule has 2 aromatic carbocycles. The summed E-state index contributed by atoms with van der Waals surface area (Å²) in [6, 6.07) is 12.5.